The third kappa shape index (κ3) is 3.51. The average Bonchev–Trinajstić information content (AvgIpc) is 2.47. The molecule has 21 heavy (non-hydrogen) atoms. The smallest absolute Gasteiger partial charge is 0.292 e. The average molecular weight is 291 g/mol. The van der Waals surface area contributed by atoms with Gasteiger partial charge in [-0.15, -0.1) is 0 Å². The SMILES string of the molecule is CCC1CCC(NC(=O)c2cccc([N+](=O)[O-])c2N)CC1. The van der Waals surface area contributed by atoms with Crippen LogP contribution >= 0.6 is 0 Å². The molecule has 6 nitrogen and oxygen atoms in total. The summed E-state index contributed by atoms with van der Waals surface area (Å²) in [6.07, 6.45) is 5.33. The summed E-state index contributed by atoms with van der Waals surface area (Å²) in [5.74, 6) is 0.428. The number of carbonyl (C=O) groups excluding carboxylic acids is 1. The second-order valence-electron chi connectivity index (χ2n) is 5.59. The van der Waals surface area contributed by atoms with Gasteiger partial charge in [-0.3, -0.25) is 14.9 Å². The zero-order valence-corrected chi connectivity index (χ0v) is 12.2. The summed E-state index contributed by atoms with van der Waals surface area (Å²) < 4.78 is 0. The Kier molecular flexibility index (Phi) is 4.77. The molecule has 1 aromatic carbocycles. The zero-order chi connectivity index (χ0) is 15.4. The van der Waals surface area contributed by atoms with E-state index in [2.05, 4.69) is 12.2 Å². The number of nitro groups is 1. The summed E-state index contributed by atoms with van der Waals surface area (Å²) in [5, 5.41) is 13.8. The summed E-state index contributed by atoms with van der Waals surface area (Å²) in [6.45, 7) is 2.19. The highest BCUT2D eigenvalue weighted by atomic mass is 16.6. The van der Waals surface area contributed by atoms with E-state index in [1.54, 1.807) is 0 Å². The Labute approximate surface area is 123 Å². The van der Waals surface area contributed by atoms with Crippen molar-refractivity contribution in [3.63, 3.8) is 0 Å². The lowest BCUT2D eigenvalue weighted by molar-refractivity contribution is -0.383. The van der Waals surface area contributed by atoms with Crippen molar-refractivity contribution in [1.29, 1.82) is 0 Å². The minimum Gasteiger partial charge on any atom is -0.393 e. The number of anilines is 1. The van der Waals surface area contributed by atoms with Gasteiger partial charge in [0.25, 0.3) is 11.6 Å². The quantitative estimate of drug-likeness (QED) is 0.506. The number of para-hydroxylation sites is 1. The van der Waals surface area contributed by atoms with E-state index < -0.39 is 4.92 Å². The van der Waals surface area contributed by atoms with Crippen LogP contribution in [-0.2, 0) is 0 Å². The van der Waals surface area contributed by atoms with Crippen LogP contribution in [0, 0.1) is 16.0 Å². The molecule has 114 valence electrons. The predicted molar refractivity (Wildman–Crippen MR) is 81.0 cm³/mol. The molecule has 1 aliphatic rings. The maximum absolute atomic E-state index is 12.2. The Morgan fingerprint density at radius 3 is 2.62 bits per heavy atom. The van der Waals surface area contributed by atoms with Gasteiger partial charge >= 0.3 is 0 Å². The van der Waals surface area contributed by atoms with Crippen LogP contribution in [-0.4, -0.2) is 16.9 Å². The van der Waals surface area contributed by atoms with Gasteiger partial charge in [0.1, 0.15) is 5.69 Å². The number of hydrogen-bond acceptors (Lipinski definition) is 4. The minimum atomic E-state index is -0.571. The molecule has 1 fully saturated rings. The van der Waals surface area contributed by atoms with E-state index in [-0.39, 0.29) is 28.9 Å². The lowest BCUT2D eigenvalue weighted by Gasteiger charge is -2.28. The molecule has 1 amide bonds. The lowest BCUT2D eigenvalue weighted by Crippen LogP contribution is -2.37. The van der Waals surface area contributed by atoms with Crippen LogP contribution in [0.25, 0.3) is 0 Å². The lowest BCUT2D eigenvalue weighted by atomic mass is 9.84. The number of amides is 1. The van der Waals surface area contributed by atoms with Gasteiger partial charge < -0.3 is 11.1 Å². The Bertz CT molecular complexity index is 537. The molecule has 1 aliphatic carbocycles. The molecule has 0 aliphatic heterocycles. The van der Waals surface area contributed by atoms with Gasteiger partial charge in [-0.2, -0.15) is 0 Å². The first-order valence-corrected chi connectivity index (χ1v) is 7.36. The van der Waals surface area contributed by atoms with E-state index in [9.17, 15) is 14.9 Å². The fraction of sp³-hybridized carbons (Fsp3) is 0.533. The van der Waals surface area contributed by atoms with Crippen molar-refractivity contribution in [3.05, 3.63) is 33.9 Å². The zero-order valence-electron chi connectivity index (χ0n) is 12.2. The van der Waals surface area contributed by atoms with Gasteiger partial charge in [-0.1, -0.05) is 19.4 Å². The molecule has 1 saturated carbocycles. The van der Waals surface area contributed by atoms with E-state index >= 15 is 0 Å². The van der Waals surface area contributed by atoms with Gasteiger partial charge in [-0.25, -0.2) is 0 Å². The van der Waals surface area contributed by atoms with Gasteiger partial charge in [-0.05, 0) is 37.7 Å². The minimum absolute atomic E-state index is 0.0674. The van der Waals surface area contributed by atoms with Crippen molar-refractivity contribution >= 4 is 17.3 Å². The van der Waals surface area contributed by atoms with E-state index in [0.717, 1.165) is 31.6 Å². The first-order valence-electron chi connectivity index (χ1n) is 7.36. The highest BCUT2D eigenvalue weighted by Gasteiger charge is 2.24. The molecule has 6 heteroatoms. The summed E-state index contributed by atoms with van der Waals surface area (Å²) in [5.41, 5.74) is 5.62. The number of nitrogens with two attached hydrogens (primary N) is 1. The monoisotopic (exact) mass is 291 g/mol. The number of carbonyl (C=O) groups is 1. The van der Waals surface area contributed by atoms with Crippen molar-refractivity contribution in [2.24, 2.45) is 5.92 Å². The van der Waals surface area contributed by atoms with Crippen LogP contribution in [0.15, 0.2) is 18.2 Å². The number of nitrogens with one attached hydrogen (secondary N) is 1. The molecule has 0 radical (unpaired) electrons. The van der Waals surface area contributed by atoms with Crippen LogP contribution in [0.5, 0.6) is 0 Å². The number of rotatable bonds is 4. The third-order valence-electron chi connectivity index (χ3n) is 4.28. The van der Waals surface area contributed by atoms with E-state index in [1.165, 1.54) is 24.6 Å². The second kappa shape index (κ2) is 6.56. The van der Waals surface area contributed by atoms with E-state index in [4.69, 9.17) is 5.73 Å². The Morgan fingerprint density at radius 2 is 2.05 bits per heavy atom. The molecule has 0 saturated heterocycles. The molecular weight excluding hydrogens is 270 g/mol. The topological polar surface area (TPSA) is 98.3 Å². The number of benzene rings is 1. The molecule has 1 aromatic rings. The summed E-state index contributed by atoms with van der Waals surface area (Å²) >= 11 is 0. The summed E-state index contributed by atoms with van der Waals surface area (Å²) in [6, 6.07) is 4.45. The number of nitrogens with zero attached hydrogens (tertiary/aromatic N) is 1. The molecule has 2 rings (SSSR count). The second-order valence-corrected chi connectivity index (χ2v) is 5.59. The molecule has 0 aromatic heterocycles. The van der Waals surface area contributed by atoms with Crippen molar-refractivity contribution in [2.45, 2.75) is 45.1 Å². The summed E-state index contributed by atoms with van der Waals surface area (Å²) in [4.78, 5) is 22.5. The van der Waals surface area contributed by atoms with Crippen molar-refractivity contribution in [1.82, 2.24) is 5.32 Å². The Morgan fingerprint density at radius 1 is 1.38 bits per heavy atom. The largest absolute Gasteiger partial charge is 0.393 e. The van der Waals surface area contributed by atoms with Gasteiger partial charge in [0.2, 0.25) is 0 Å². The molecular formula is C15H21N3O3. The van der Waals surface area contributed by atoms with Crippen LogP contribution in [0.1, 0.15) is 49.4 Å². The fourth-order valence-corrected chi connectivity index (χ4v) is 2.89. The molecule has 0 spiro atoms. The van der Waals surface area contributed by atoms with Crippen molar-refractivity contribution in [2.75, 3.05) is 5.73 Å². The normalized spacial score (nSPS) is 21.8. The van der Waals surface area contributed by atoms with Crippen LogP contribution < -0.4 is 11.1 Å². The van der Waals surface area contributed by atoms with Crippen LogP contribution in [0.4, 0.5) is 11.4 Å². The number of nitro benzene ring substituents is 1. The van der Waals surface area contributed by atoms with E-state index in [1.807, 2.05) is 0 Å². The van der Waals surface area contributed by atoms with Gasteiger partial charge in [0, 0.05) is 12.1 Å². The predicted octanol–water partition coefficient (Wildman–Crippen LogP) is 2.88. The highest BCUT2D eigenvalue weighted by Crippen LogP contribution is 2.28. The molecule has 0 heterocycles. The fourth-order valence-electron chi connectivity index (χ4n) is 2.89. The molecule has 0 unspecified atom stereocenters. The van der Waals surface area contributed by atoms with Crippen LogP contribution in [0.2, 0.25) is 0 Å². The standard InChI is InChI=1S/C15H21N3O3/c1-2-10-6-8-11(9-7-10)17-15(19)12-4-3-5-13(14(12)16)18(20)21/h3-5,10-11H,2,6-9,16H2,1H3,(H,17,19). The Balaban J connectivity index is 2.04. The van der Waals surface area contributed by atoms with Crippen molar-refractivity contribution < 1.29 is 9.72 Å². The summed E-state index contributed by atoms with van der Waals surface area (Å²) in [7, 11) is 0. The highest BCUT2D eigenvalue weighted by molar-refractivity contribution is 6.01. The van der Waals surface area contributed by atoms with Crippen molar-refractivity contribution in [3.8, 4) is 0 Å². The van der Waals surface area contributed by atoms with Crippen LogP contribution in [0.3, 0.4) is 0 Å². The molecule has 3 N–H and O–H groups in total. The third-order valence-corrected chi connectivity index (χ3v) is 4.28. The number of nitrogen functional groups attached to an aromatic ring is 1. The maximum Gasteiger partial charge on any atom is 0.292 e. The van der Waals surface area contributed by atoms with Gasteiger partial charge in [0.15, 0.2) is 0 Å². The molecule has 0 bridgehead atoms. The first-order chi connectivity index (χ1) is 10.0. The van der Waals surface area contributed by atoms with Gasteiger partial charge in [0.05, 0.1) is 10.5 Å². The first kappa shape index (κ1) is 15.3. The Hall–Kier alpha value is -2.11. The van der Waals surface area contributed by atoms with E-state index in [0.29, 0.717) is 0 Å². The number of hydrogen-bond donors (Lipinski definition) is 2. The maximum atomic E-state index is 12.2. The molecule has 0 atom stereocenters.